The van der Waals surface area contributed by atoms with E-state index in [0.29, 0.717) is 0 Å². The molecule has 0 saturated carbocycles. The molecule has 0 amide bonds. The molecule has 90 valence electrons. The van der Waals surface area contributed by atoms with Crippen LogP contribution in [0, 0.1) is 0 Å². The number of hydrogen-bond acceptors (Lipinski definition) is 6. The van der Waals surface area contributed by atoms with Crippen LogP contribution in [0.2, 0.25) is 0 Å². The molecule has 0 atom stereocenters. The summed E-state index contributed by atoms with van der Waals surface area (Å²) in [5.41, 5.74) is 5.64. The van der Waals surface area contributed by atoms with E-state index in [1.165, 1.54) is 24.3 Å². The van der Waals surface area contributed by atoms with Crippen molar-refractivity contribution in [3.8, 4) is 17.0 Å². The molecule has 17 heavy (non-hydrogen) atoms. The summed E-state index contributed by atoms with van der Waals surface area (Å²) in [6, 6.07) is 5.55. The van der Waals surface area contributed by atoms with E-state index in [2.05, 4.69) is 9.68 Å². The number of sulfone groups is 1. The number of aromatic nitrogens is 1. The van der Waals surface area contributed by atoms with E-state index in [9.17, 15) is 13.5 Å². The molecule has 0 bridgehead atoms. The second-order valence-corrected chi connectivity index (χ2v) is 5.52. The molecule has 7 heteroatoms. The minimum Gasteiger partial charge on any atom is -0.507 e. The normalized spacial score (nSPS) is 11.6. The van der Waals surface area contributed by atoms with Crippen LogP contribution in [0.15, 0.2) is 33.7 Å². The van der Waals surface area contributed by atoms with Crippen LogP contribution in [0.4, 0.5) is 5.88 Å². The number of phenols is 1. The van der Waals surface area contributed by atoms with Gasteiger partial charge in [-0.2, -0.15) is 0 Å². The molecular weight excluding hydrogens is 244 g/mol. The highest BCUT2D eigenvalue weighted by atomic mass is 32.2. The van der Waals surface area contributed by atoms with Crippen LogP contribution in [0.3, 0.4) is 0 Å². The minimum atomic E-state index is -3.48. The first kappa shape index (κ1) is 11.5. The van der Waals surface area contributed by atoms with Gasteiger partial charge in [0.15, 0.2) is 9.84 Å². The second kappa shape index (κ2) is 3.77. The number of aromatic hydroxyl groups is 1. The Labute approximate surface area is 97.6 Å². The maximum Gasteiger partial charge on any atom is 0.222 e. The molecule has 0 spiro atoms. The highest BCUT2D eigenvalue weighted by molar-refractivity contribution is 7.90. The molecule has 0 aliphatic heterocycles. The first-order valence-electron chi connectivity index (χ1n) is 4.64. The van der Waals surface area contributed by atoms with Crippen LogP contribution in [-0.4, -0.2) is 24.9 Å². The molecule has 2 aromatic rings. The number of hydrogen-bond donors (Lipinski definition) is 2. The lowest BCUT2D eigenvalue weighted by atomic mass is 10.1. The van der Waals surface area contributed by atoms with Crippen molar-refractivity contribution in [2.75, 3.05) is 12.0 Å². The zero-order chi connectivity index (χ0) is 12.6. The molecule has 0 unspecified atom stereocenters. The van der Waals surface area contributed by atoms with E-state index >= 15 is 0 Å². The van der Waals surface area contributed by atoms with Gasteiger partial charge in [-0.05, 0) is 12.1 Å². The highest BCUT2D eigenvalue weighted by Gasteiger charge is 2.20. The molecule has 1 heterocycles. The largest absolute Gasteiger partial charge is 0.507 e. The van der Waals surface area contributed by atoms with Crippen LogP contribution in [0.5, 0.6) is 5.75 Å². The van der Waals surface area contributed by atoms with Crippen molar-refractivity contribution in [2.45, 2.75) is 4.90 Å². The number of anilines is 1. The Balaban J connectivity index is 2.76. The zero-order valence-corrected chi connectivity index (χ0v) is 9.73. The maximum absolute atomic E-state index is 11.6. The van der Waals surface area contributed by atoms with Gasteiger partial charge in [0.25, 0.3) is 0 Å². The van der Waals surface area contributed by atoms with Gasteiger partial charge in [0, 0.05) is 12.3 Å². The fourth-order valence-electron chi connectivity index (χ4n) is 1.49. The van der Waals surface area contributed by atoms with Crippen LogP contribution in [-0.2, 0) is 9.84 Å². The lowest BCUT2D eigenvalue weighted by Gasteiger charge is -2.06. The van der Waals surface area contributed by atoms with Gasteiger partial charge < -0.3 is 15.4 Å². The maximum atomic E-state index is 11.6. The highest BCUT2D eigenvalue weighted by Crippen LogP contribution is 2.35. The summed E-state index contributed by atoms with van der Waals surface area (Å²) in [6.45, 7) is 0. The lowest BCUT2D eigenvalue weighted by Crippen LogP contribution is -2.00. The van der Waals surface area contributed by atoms with Gasteiger partial charge in [-0.25, -0.2) is 8.42 Å². The number of nitrogen functional groups attached to an aromatic ring is 1. The van der Waals surface area contributed by atoms with Crippen LogP contribution in [0.1, 0.15) is 0 Å². The summed E-state index contributed by atoms with van der Waals surface area (Å²) in [5, 5.41) is 13.3. The lowest BCUT2D eigenvalue weighted by molar-refractivity contribution is 0.437. The Kier molecular flexibility index (Phi) is 2.55. The van der Waals surface area contributed by atoms with Gasteiger partial charge in [0.1, 0.15) is 11.4 Å². The first-order valence-corrected chi connectivity index (χ1v) is 6.53. The summed E-state index contributed by atoms with van der Waals surface area (Å²) in [7, 11) is -3.48. The van der Waals surface area contributed by atoms with E-state index in [1.54, 1.807) is 0 Å². The van der Waals surface area contributed by atoms with Crippen molar-refractivity contribution in [1.82, 2.24) is 5.16 Å². The van der Waals surface area contributed by atoms with Crippen molar-refractivity contribution >= 4 is 15.7 Å². The van der Waals surface area contributed by atoms with Crippen LogP contribution < -0.4 is 5.73 Å². The van der Waals surface area contributed by atoms with Gasteiger partial charge in [0.05, 0.1) is 10.5 Å². The number of nitrogens with two attached hydrogens (primary N) is 1. The number of nitrogens with zero attached hydrogens (tertiary/aromatic N) is 1. The minimum absolute atomic E-state index is 0.0224. The van der Waals surface area contributed by atoms with E-state index in [0.717, 1.165) is 6.26 Å². The fourth-order valence-corrected chi connectivity index (χ4v) is 2.40. The van der Waals surface area contributed by atoms with Gasteiger partial charge in [0.2, 0.25) is 5.88 Å². The zero-order valence-electron chi connectivity index (χ0n) is 8.91. The average molecular weight is 254 g/mol. The summed E-state index contributed by atoms with van der Waals surface area (Å²) in [5.74, 6) is -0.149. The smallest absolute Gasteiger partial charge is 0.222 e. The first-order chi connectivity index (χ1) is 7.89. The Hall–Kier alpha value is -2.02. The van der Waals surface area contributed by atoms with E-state index in [4.69, 9.17) is 5.73 Å². The third kappa shape index (κ3) is 2.09. The molecule has 0 aliphatic carbocycles. The summed E-state index contributed by atoms with van der Waals surface area (Å²) in [6.07, 6.45) is 1.05. The monoisotopic (exact) mass is 254 g/mol. The predicted molar refractivity (Wildman–Crippen MR) is 61.1 cm³/mol. The topological polar surface area (TPSA) is 106 Å². The van der Waals surface area contributed by atoms with E-state index < -0.39 is 9.84 Å². The van der Waals surface area contributed by atoms with Crippen molar-refractivity contribution in [3.63, 3.8) is 0 Å². The van der Waals surface area contributed by atoms with Crippen molar-refractivity contribution in [3.05, 3.63) is 24.3 Å². The van der Waals surface area contributed by atoms with E-state index in [-0.39, 0.29) is 27.8 Å². The molecule has 2 rings (SSSR count). The Morgan fingerprint density at radius 3 is 2.65 bits per heavy atom. The van der Waals surface area contributed by atoms with Gasteiger partial charge >= 0.3 is 0 Å². The quantitative estimate of drug-likeness (QED) is 0.829. The number of benzene rings is 1. The Bertz CT molecular complexity index is 661. The summed E-state index contributed by atoms with van der Waals surface area (Å²) >= 11 is 0. The third-order valence-electron chi connectivity index (χ3n) is 2.19. The van der Waals surface area contributed by atoms with Crippen molar-refractivity contribution in [1.29, 1.82) is 0 Å². The van der Waals surface area contributed by atoms with Crippen LogP contribution in [0.25, 0.3) is 11.3 Å². The molecule has 1 aromatic carbocycles. The van der Waals surface area contributed by atoms with Gasteiger partial charge in [-0.15, -0.1) is 0 Å². The van der Waals surface area contributed by atoms with Crippen LogP contribution >= 0.6 is 0 Å². The van der Waals surface area contributed by atoms with Gasteiger partial charge in [-0.1, -0.05) is 11.2 Å². The number of rotatable bonds is 2. The fraction of sp³-hybridized carbons (Fsp3) is 0.100. The summed E-state index contributed by atoms with van der Waals surface area (Å²) in [4.78, 5) is -0.0224. The molecule has 0 fully saturated rings. The molecule has 3 N–H and O–H groups in total. The SMILES string of the molecule is CS(=O)(=O)c1cccc(O)c1-c1cc(N)on1. The molecular formula is C10H10N2O4S. The van der Waals surface area contributed by atoms with E-state index in [1.807, 2.05) is 0 Å². The number of phenolic OH excluding ortho intramolecular Hbond substituents is 1. The second-order valence-electron chi connectivity index (χ2n) is 3.54. The predicted octanol–water partition coefficient (Wildman–Crippen LogP) is 1.03. The average Bonchev–Trinajstić information content (AvgIpc) is 2.63. The standard InChI is InChI=1S/C10H10N2O4S/c1-17(14,15)8-4-2-3-7(13)10(8)6-5-9(11)16-12-6/h2-5,13H,11H2,1H3. The Morgan fingerprint density at radius 2 is 2.12 bits per heavy atom. The third-order valence-corrected chi connectivity index (χ3v) is 3.33. The van der Waals surface area contributed by atoms with Crippen molar-refractivity contribution < 1.29 is 18.0 Å². The molecule has 0 aliphatic rings. The molecule has 0 radical (unpaired) electrons. The Morgan fingerprint density at radius 1 is 1.41 bits per heavy atom. The van der Waals surface area contributed by atoms with Crippen molar-refractivity contribution in [2.24, 2.45) is 0 Å². The molecule has 0 saturated heterocycles. The molecule has 1 aromatic heterocycles. The summed E-state index contributed by atoms with van der Waals surface area (Å²) < 4.78 is 27.8. The molecule has 6 nitrogen and oxygen atoms in total. The van der Waals surface area contributed by atoms with Gasteiger partial charge in [-0.3, -0.25) is 0 Å².